The molecule has 3 saturated heterocycles. The lowest BCUT2D eigenvalue weighted by atomic mass is 9.86. The Labute approximate surface area is 411 Å². The number of piperidine rings is 3. The van der Waals surface area contributed by atoms with Gasteiger partial charge in [0.2, 0.25) is 5.56 Å². The van der Waals surface area contributed by atoms with Crippen LogP contribution in [0, 0.1) is 5.92 Å². The molecule has 2 amide bonds. The maximum absolute atomic E-state index is 13.9. The van der Waals surface area contributed by atoms with E-state index >= 15 is 0 Å². The number of aliphatic hydroxyl groups is 1. The van der Waals surface area contributed by atoms with Gasteiger partial charge >= 0.3 is 12.1 Å². The molecule has 2 bridgehead atoms. The third-order valence-corrected chi connectivity index (χ3v) is 13.3. The van der Waals surface area contributed by atoms with Gasteiger partial charge in [-0.05, 0) is 114 Å². The largest absolute Gasteiger partial charge is 0.506 e. The van der Waals surface area contributed by atoms with Crippen LogP contribution in [0.1, 0.15) is 79.1 Å². The Kier molecular flexibility index (Phi) is 15.5. The van der Waals surface area contributed by atoms with Gasteiger partial charge in [0.05, 0.1) is 29.8 Å². The first kappa shape index (κ1) is 48.3. The van der Waals surface area contributed by atoms with Crippen LogP contribution >= 0.6 is 0 Å². The van der Waals surface area contributed by atoms with Crippen LogP contribution in [0.4, 0.5) is 4.79 Å². The van der Waals surface area contributed by atoms with Gasteiger partial charge in [-0.1, -0.05) is 103 Å². The van der Waals surface area contributed by atoms with Crippen molar-refractivity contribution in [3.63, 3.8) is 0 Å². The van der Waals surface area contributed by atoms with Crippen molar-refractivity contribution in [2.45, 2.75) is 50.8 Å². The number of pyridine rings is 1. The molecule has 14 heteroatoms. The summed E-state index contributed by atoms with van der Waals surface area (Å²) in [4.78, 5) is 58.9. The SMILES string of the molecule is O=C(N[C@@H](c1ccccc1)c1cccc(OCc2ccc(C(=O)OCCN(Cc3ccccc3)C(=O)c3ccc(CNCC(O)c4ccc(O)c5[nH]c(=O)ccc45)cc3)cc2)c1)OC1CN2CCC1CC2. The Hall–Kier alpha value is -7.78. The second-order valence-corrected chi connectivity index (χ2v) is 18.1. The zero-order chi connectivity index (χ0) is 49.1. The van der Waals surface area contributed by atoms with Crippen LogP contribution in [-0.2, 0) is 29.2 Å². The van der Waals surface area contributed by atoms with E-state index in [0.717, 1.165) is 60.3 Å². The Balaban J connectivity index is 0.766. The van der Waals surface area contributed by atoms with Gasteiger partial charge in [-0.25, -0.2) is 9.59 Å². The smallest absolute Gasteiger partial charge is 0.408 e. The maximum Gasteiger partial charge on any atom is 0.408 e. The fourth-order valence-corrected chi connectivity index (χ4v) is 9.37. The number of hydrogen-bond donors (Lipinski definition) is 5. The number of aromatic nitrogens is 1. The highest BCUT2D eigenvalue weighted by Gasteiger charge is 2.37. The number of aromatic amines is 1. The highest BCUT2D eigenvalue weighted by Crippen LogP contribution is 2.32. The van der Waals surface area contributed by atoms with Crippen molar-refractivity contribution >= 4 is 28.9 Å². The number of amides is 2. The summed E-state index contributed by atoms with van der Waals surface area (Å²) in [5.41, 5.74) is 5.74. The van der Waals surface area contributed by atoms with Crippen molar-refractivity contribution in [1.29, 1.82) is 0 Å². The van der Waals surface area contributed by atoms with Crippen LogP contribution in [0.5, 0.6) is 11.5 Å². The minimum absolute atomic E-state index is 0.0222. The van der Waals surface area contributed by atoms with Crippen molar-refractivity contribution in [2.75, 3.05) is 39.3 Å². The molecule has 7 aromatic rings. The average Bonchev–Trinajstić information content (AvgIpc) is 3.40. The van der Waals surface area contributed by atoms with Crippen LogP contribution < -0.4 is 20.9 Å². The molecule has 14 nitrogen and oxygen atoms in total. The molecule has 3 atom stereocenters. The molecule has 1 aromatic heterocycles. The molecule has 0 aliphatic carbocycles. The zero-order valence-corrected chi connectivity index (χ0v) is 39.2. The van der Waals surface area contributed by atoms with E-state index in [1.807, 2.05) is 109 Å². The second kappa shape index (κ2) is 22.8. The van der Waals surface area contributed by atoms with Gasteiger partial charge in [0.1, 0.15) is 30.8 Å². The van der Waals surface area contributed by atoms with E-state index in [1.165, 1.54) is 12.1 Å². The van der Waals surface area contributed by atoms with Crippen LogP contribution in [0.2, 0.25) is 0 Å². The lowest BCUT2D eigenvalue weighted by molar-refractivity contribution is -0.0336. The van der Waals surface area contributed by atoms with Crippen molar-refractivity contribution in [2.24, 2.45) is 5.92 Å². The Morgan fingerprint density at radius 3 is 2.20 bits per heavy atom. The predicted molar refractivity (Wildman–Crippen MR) is 269 cm³/mol. The topological polar surface area (TPSA) is 183 Å². The highest BCUT2D eigenvalue weighted by molar-refractivity contribution is 5.94. The molecule has 0 radical (unpaired) electrons. The van der Waals surface area contributed by atoms with E-state index in [0.29, 0.717) is 46.8 Å². The summed E-state index contributed by atoms with van der Waals surface area (Å²) in [5, 5.41) is 28.1. The molecule has 3 aliphatic heterocycles. The predicted octanol–water partition coefficient (Wildman–Crippen LogP) is 8.05. The minimum atomic E-state index is -0.913. The van der Waals surface area contributed by atoms with E-state index in [-0.39, 0.29) is 55.1 Å². The summed E-state index contributed by atoms with van der Waals surface area (Å²) in [5.74, 6) is 0.211. The molecule has 3 aliphatic rings. The van der Waals surface area contributed by atoms with Gasteiger partial charge in [0.15, 0.2) is 0 Å². The van der Waals surface area contributed by atoms with Crippen LogP contribution in [-0.4, -0.2) is 88.4 Å². The molecular weight excluding hydrogens is 899 g/mol. The van der Waals surface area contributed by atoms with Gasteiger partial charge in [0.25, 0.3) is 5.91 Å². The van der Waals surface area contributed by atoms with Gasteiger partial charge in [-0.3, -0.25) is 14.5 Å². The van der Waals surface area contributed by atoms with E-state index < -0.39 is 24.2 Å². The molecular formula is C57H57N5O9. The Morgan fingerprint density at radius 1 is 0.761 bits per heavy atom. The number of ether oxygens (including phenoxy) is 3. The van der Waals surface area contributed by atoms with Crippen molar-refractivity contribution in [3.05, 3.63) is 213 Å². The standard InChI is InChI=1S/C57H57N5O9/c63-49-24-22-47(48-23-25-52(65)59-54(48)49)50(64)34-58-33-38-14-18-43(19-15-38)55(66)62(35-39-8-3-1-4-9-39)30-31-69-56(67)44-20-16-40(17-21-44)37-70-46-13-7-12-45(32-46)53(42-10-5-2-6-11-42)60-57(68)71-51-36-61-28-26-41(51)27-29-61/h1-25,32,41,50-51,53,58,63-64H,26-31,33-37H2,(H,59,65)(H,60,68)/t50?,51?,53-/m0/s1. The fraction of sp³-hybridized carbons (Fsp3) is 0.263. The minimum Gasteiger partial charge on any atom is -0.506 e. The third-order valence-electron chi connectivity index (χ3n) is 13.3. The monoisotopic (exact) mass is 955 g/mol. The molecule has 10 rings (SSSR count). The van der Waals surface area contributed by atoms with Gasteiger partial charge < -0.3 is 44.9 Å². The number of aromatic hydroxyl groups is 1. The molecule has 71 heavy (non-hydrogen) atoms. The summed E-state index contributed by atoms with van der Waals surface area (Å²) in [7, 11) is 0. The van der Waals surface area contributed by atoms with Gasteiger partial charge in [-0.2, -0.15) is 0 Å². The zero-order valence-electron chi connectivity index (χ0n) is 39.2. The highest BCUT2D eigenvalue weighted by atomic mass is 16.6. The summed E-state index contributed by atoms with van der Waals surface area (Å²) < 4.78 is 17.9. The maximum atomic E-state index is 13.9. The number of nitrogens with one attached hydrogen (secondary N) is 3. The molecule has 3 fully saturated rings. The number of carbonyl (C=O) groups excluding carboxylic acids is 3. The molecule has 2 unspecified atom stereocenters. The number of alkyl carbamates (subject to hydrolysis) is 1. The Morgan fingerprint density at radius 2 is 1.46 bits per heavy atom. The molecule has 6 aromatic carbocycles. The van der Waals surface area contributed by atoms with E-state index in [4.69, 9.17) is 14.2 Å². The molecule has 5 N–H and O–H groups in total. The number of H-pyrrole nitrogens is 1. The number of fused-ring (bicyclic) bond motifs is 4. The van der Waals surface area contributed by atoms with E-state index in [9.17, 15) is 29.4 Å². The van der Waals surface area contributed by atoms with Crippen molar-refractivity contribution in [3.8, 4) is 11.5 Å². The second-order valence-electron chi connectivity index (χ2n) is 18.1. The van der Waals surface area contributed by atoms with Crippen LogP contribution in [0.25, 0.3) is 10.9 Å². The summed E-state index contributed by atoms with van der Waals surface area (Å²) >= 11 is 0. The quantitative estimate of drug-likeness (QED) is 0.0495. The number of esters is 1. The normalized spacial score (nSPS) is 16.9. The van der Waals surface area contributed by atoms with Crippen LogP contribution in [0.15, 0.2) is 163 Å². The lowest BCUT2D eigenvalue weighted by Gasteiger charge is -2.43. The number of hydrogen-bond acceptors (Lipinski definition) is 11. The average molecular weight is 956 g/mol. The first-order valence-electron chi connectivity index (χ1n) is 24.0. The molecule has 0 spiro atoms. The van der Waals surface area contributed by atoms with Gasteiger partial charge in [0, 0.05) is 43.2 Å². The molecule has 364 valence electrons. The number of phenolic OH excluding ortho intramolecular Hbond substituents is 1. The van der Waals surface area contributed by atoms with E-state index in [2.05, 4.69) is 20.5 Å². The Bertz CT molecular complexity index is 2980. The first-order chi connectivity index (χ1) is 34.6. The molecule has 4 heterocycles. The number of aliphatic hydroxyl groups excluding tert-OH is 1. The van der Waals surface area contributed by atoms with Crippen molar-refractivity contribution < 1.29 is 38.8 Å². The number of benzene rings is 6. The third kappa shape index (κ3) is 12.3. The summed E-state index contributed by atoms with van der Waals surface area (Å²) in [6, 6.07) is 46.8. The molecule has 0 saturated carbocycles. The fourth-order valence-electron chi connectivity index (χ4n) is 9.37. The number of nitrogens with zero attached hydrogens (tertiary/aromatic N) is 2. The number of phenols is 1. The lowest BCUT2D eigenvalue weighted by Crippen LogP contribution is -2.52. The van der Waals surface area contributed by atoms with Gasteiger partial charge in [-0.15, -0.1) is 0 Å². The number of carbonyl (C=O) groups is 3. The van der Waals surface area contributed by atoms with E-state index in [1.54, 1.807) is 41.3 Å². The van der Waals surface area contributed by atoms with Crippen molar-refractivity contribution in [1.82, 2.24) is 25.4 Å². The first-order valence-corrected chi connectivity index (χ1v) is 24.0. The number of rotatable bonds is 19. The summed E-state index contributed by atoms with van der Waals surface area (Å²) in [6.45, 7) is 4.21. The summed E-state index contributed by atoms with van der Waals surface area (Å²) in [6.07, 6.45) is 0.647. The van der Waals surface area contributed by atoms with Crippen LogP contribution in [0.3, 0.4) is 0 Å².